The van der Waals surface area contributed by atoms with E-state index in [1.807, 2.05) is 13.8 Å². The Bertz CT molecular complexity index is 344. The van der Waals surface area contributed by atoms with E-state index in [-0.39, 0.29) is 0 Å². The van der Waals surface area contributed by atoms with Crippen molar-refractivity contribution in [3.63, 3.8) is 0 Å². The molecule has 2 N–H and O–H groups in total. The minimum absolute atomic E-state index is 0.539. The summed E-state index contributed by atoms with van der Waals surface area (Å²) in [7, 11) is 4.80. The summed E-state index contributed by atoms with van der Waals surface area (Å²) in [4.78, 5) is 0. The minimum Gasteiger partial charge on any atom is -0.496 e. The molecule has 0 aliphatic rings. The molecule has 0 radical (unpaired) electrons. The van der Waals surface area contributed by atoms with Gasteiger partial charge in [-0.05, 0) is 13.8 Å². The fourth-order valence-electron chi connectivity index (χ4n) is 1.64. The Morgan fingerprint density at radius 3 is 1.62 bits per heavy atom. The summed E-state index contributed by atoms with van der Waals surface area (Å²) in [5, 5.41) is 0. The zero-order valence-electron chi connectivity index (χ0n) is 10.5. The molecule has 1 aromatic carbocycles. The van der Waals surface area contributed by atoms with Crippen LogP contribution in [0.4, 0.5) is 0 Å². The molecule has 90 valence electrons. The Morgan fingerprint density at radius 1 is 0.938 bits per heavy atom. The molecular formula is C12H19NO3. The maximum Gasteiger partial charge on any atom is 0.131 e. The quantitative estimate of drug-likeness (QED) is 0.850. The number of ether oxygens (including phenoxy) is 3. The van der Waals surface area contributed by atoms with E-state index in [0.717, 1.165) is 5.56 Å². The van der Waals surface area contributed by atoms with Crippen LogP contribution in [0.25, 0.3) is 0 Å². The molecule has 0 heterocycles. The average Bonchev–Trinajstić information content (AvgIpc) is 2.25. The summed E-state index contributed by atoms with van der Waals surface area (Å²) in [6.07, 6.45) is 0. The number of hydrogen-bond donors (Lipinski definition) is 1. The highest BCUT2D eigenvalue weighted by Gasteiger charge is 2.25. The molecule has 0 saturated carbocycles. The van der Waals surface area contributed by atoms with E-state index in [9.17, 15) is 0 Å². The van der Waals surface area contributed by atoms with Crippen molar-refractivity contribution in [2.45, 2.75) is 19.4 Å². The zero-order valence-corrected chi connectivity index (χ0v) is 10.5. The standard InChI is InChI=1S/C12H19NO3/c1-12(2,13)11-9(15-4)6-8(14-3)7-10(11)16-5/h6-7H,13H2,1-5H3. The minimum atomic E-state index is -0.539. The van der Waals surface area contributed by atoms with Crippen molar-refractivity contribution in [1.82, 2.24) is 0 Å². The molecule has 0 aliphatic heterocycles. The van der Waals surface area contributed by atoms with Gasteiger partial charge in [-0.15, -0.1) is 0 Å². The van der Waals surface area contributed by atoms with Crippen LogP contribution in [0.2, 0.25) is 0 Å². The van der Waals surface area contributed by atoms with E-state index in [1.54, 1.807) is 33.5 Å². The van der Waals surface area contributed by atoms with E-state index in [1.165, 1.54) is 0 Å². The van der Waals surface area contributed by atoms with E-state index >= 15 is 0 Å². The molecule has 0 fully saturated rings. The Morgan fingerprint density at radius 2 is 1.38 bits per heavy atom. The van der Waals surface area contributed by atoms with Crippen LogP contribution in [0, 0.1) is 0 Å². The van der Waals surface area contributed by atoms with Gasteiger partial charge in [-0.3, -0.25) is 0 Å². The van der Waals surface area contributed by atoms with Crippen molar-refractivity contribution in [1.29, 1.82) is 0 Å². The Kier molecular flexibility index (Phi) is 3.65. The fraction of sp³-hybridized carbons (Fsp3) is 0.500. The van der Waals surface area contributed by atoms with Gasteiger partial charge >= 0.3 is 0 Å². The van der Waals surface area contributed by atoms with Crippen LogP contribution in [-0.2, 0) is 5.54 Å². The lowest BCUT2D eigenvalue weighted by Gasteiger charge is -2.25. The summed E-state index contributed by atoms with van der Waals surface area (Å²) in [6.45, 7) is 3.81. The number of hydrogen-bond acceptors (Lipinski definition) is 4. The molecule has 0 bridgehead atoms. The third kappa shape index (κ3) is 2.39. The molecule has 4 heteroatoms. The third-order valence-electron chi connectivity index (χ3n) is 2.36. The van der Waals surface area contributed by atoms with Crippen molar-refractivity contribution >= 4 is 0 Å². The smallest absolute Gasteiger partial charge is 0.131 e. The highest BCUT2D eigenvalue weighted by Crippen LogP contribution is 2.39. The molecule has 1 aromatic rings. The molecule has 1 rings (SSSR count). The highest BCUT2D eigenvalue weighted by atomic mass is 16.5. The molecule has 0 unspecified atom stereocenters. The van der Waals surface area contributed by atoms with Crippen molar-refractivity contribution in [2.24, 2.45) is 5.73 Å². The first-order chi connectivity index (χ1) is 7.43. The summed E-state index contributed by atoms with van der Waals surface area (Å²) in [6, 6.07) is 3.60. The van der Waals surface area contributed by atoms with Crippen molar-refractivity contribution < 1.29 is 14.2 Å². The molecule has 0 atom stereocenters. The lowest BCUT2D eigenvalue weighted by atomic mass is 9.93. The molecular weight excluding hydrogens is 206 g/mol. The molecule has 0 saturated heterocycles. The summed E-state index contributed by atoms with van der Waals surface area (Å²) in [5.41, 5.74) is 6.39. The highest BCUT2D eigenvalue weighted by molar-refractivity contribution is 5.53. The Labute approximate surface area is 96.3 Å². The second kappa shape index (κ2) is 4.61. The summed E-state index contributed by atoms with van der Waals surface area (Å²) >= 11 is 0. The van der Waals surface area contributed by atoms with Gasteiger partial charge in [0.25, 0.3) is 0 Å². The molecule has 0 aliphatic carbocycles. The van der Waals surface area contributed by atoms with Crippen LogP contribution in [0.3, 0.4) is 0 Å². The Hall–Kier alpha value is -1.42. The molecule has 4 nitrogen and oxygen atoms in total. The number of methoxy groups -OCH3 is 3. The average molecular weight is 225 g/mol. The van der Waals surface area contributed by atoms with Crippen molar-refractivity contribution in [2.75, 3.05) is 21.3 Å². The van der Waals surface area contributed by atoms with E-state index in [4.69, 9.17) is 19.9 Å². The van der Waals surface area contributed by atoms with Crippen LogP contribution < -0.4 is 19.9 Å². The predicted molar refractivity (Wildman–Crippen MR) is 63.3 cm³/mol. The number of rotatable bonds is 4. The molecule has 0 aromatic heterocycles. The van der Waals surface area contributed by atoms with Gasteiger partial charge in [0.15, 0.2) is 0 Å². The zero-order chi connectivity index (χ0) is 12.3. The second-order valence-corrected chi connectivity index (χ2v) is 4.13. The SMILES string of the molecule is COc1cc(OC)c(C(C)(C)N)c(OC)c1. The molecule has 16 heavy (non-hydrogen) atoms. The first kappa shape index (κ1) is 12.6. The van der Waals surface area contributed by atoms with Gasteiger partial charge in [0.05, 0.1) is 26.9 Å². The van der Waals surface area contributed by atoms with Gasteiger partial charge in [0.2, 0.25) is 0 Å². The van der Waals surface area contributed by atoms with Crippen LogP contribution in [0.5, 0.6) is 17.2 Å². The van der Waals surface area contributed by atoms with E-state index in [0.29, 0.717) is 17.2 Å². The van der Waals surface area contributed by atoms with Gasteiger partial charge < -0.3 is 19.9 Å². The van der Waals surface area contributed by atoms with E-state index in [2.05, 4.69) is 0 Å². The normalized spacial score (nSPS) is 11.1. The number of benzene rings is 1. The van der Waals surface area contributed by atoms with Crippen LogP contribution >= 0.6 is 0 Å². The van der Waals surface area contributed by atoms with Crippen LogP contribution in [0.15, 0.2) is 12.1 Å². The maximum absolute atomic E-state index is 6.10. The van der Waals surface area contributed by atoms with E-state index < -0.39 is 5.54 Å². The first-order valence-electron chi connectivity index (χ1n) is 5.03. The first-order valence-corrected chi connectivity index (χ1v) is 5.03. The van der Waals surface area contributed by atoms with Gasteiger partial charge in [-0.1, -0.05) is 0 Å². The van der Waals surface area contributed by atoms with Gasteiger partial charge in [-0.25, -0.2) is 0 Å². The van der Waals surface area contributed by atoms with Crippen molar-refractivity contribution in [3.05, 3.63) is 17.7 Å². The lowest BCUT2D eigenvalue weighted by Crippen LogP contribution is -2.29. The lowest BCUT2D eigenvalue weighted by molar-refractivity contribution is 0.352. The van der Waals surface area contributed by atoms with Crippen LogP contribution in [0.1, 0.15) is 19.4 Å². The second-order valence-electron chi connectivity index (χ2n) is 4.13. The van der Waals surface area contributed by atoms with Gasteiger partial charge in [-0.2, -0.15) is 0 Å². The van der Waals surface area contributed by atoms with Gasteiger partial charge in [0.1, 0.15) is 17.2 Å². The summed E-state index contributed by atoms with van der Waals surface area (Å²) < 4.78 is 15.8. The molecule has 0 amide bonds. The van der Waals surface area contributed by atoms with Crippen molar-refractivity contribution in [3.8, 4) is 17.2 Å². The number of nitrogens with two attached hydrogens (primary N) is 1. The third-order valence-corrected chi connectivity index (χ3v) is 2.36. The largest absolute Gasteiger partial charge is 0.496 e. The maximum atomic E-state index is 6.10. The summed E-state index contributed by atoms with van der Waals surface area (Å²) in [5.74, 6) is 2.02. The van der Waals surface area contributed by atoms with Gasteiger partial charge in [0, 0.05) is 17.7 Å². The fourth-order valence-corrected chi connectivity index (χ4v) is 1.64. The Balaban J connectivity index is 3.44. The topological polar surface area (TPSA) is 53.7 Å². The van der Waals surface area contributed by atoms with Crippen LogP contribution in [-0.4, -0.2) is 21.3 Å². The molecule has 0 spiro atoms. The predicted octanol–water partition coefficient (Wildman–Crippen LogP) is 1.91. The monoisotopic (exact) mass is 225 g/mol.